The molecule has 0 spiro atoms. The number of nitrogens with two attached hydrogens (primary N) is 2. The van der Waals surface area contributed by atoms with Gasteiger partial charge in [-0.2, -0.15) is 0 Å². The minimum Gasteiger partial charge on any atom is -0.460 e. The summed E-state index contributed by atoms with van der Waals surface area (Å²) >= 11 is 0. The van der Waals surface area contributed by atoms with Gasteiger partial charge in [0.2, 0.25) is 11.6 Å². The van der Waals surface area contributed by atoms with Crippen LogP contribution in [0.4, 0.5) is 0 Å². The summed E-state index contributed by atoms with van der Waals surface area (Å²) in [6.07, 6.45) is 9.94. The fourth-order valence-corrected chi connectivity index (χ4v) is 2.95. The predicted octanol–water partition coefficient (Wildman–Crippen LogP) is 1.49. The number of guanidine groups is 1. The number of ether oxygens (including phenoxy) is 1. The molecular formula is C18H35N5O3. The van der Waals surface area contributed by atoms with Gasteiger partial charge in [-0.1, -0.05) is 38.5 Å². The van der Waals surface area contributed by atoms with E-state index in [-0.39, 0.29) is 24.6 Å². The highest BCUT2D eigenvalue weighted by Gasteiger charge is 2.35. The van der Waals surface area contributed by atoms with Gasteiger partial charge < -0.3 is 21.5 Å². The molecule has 1 rings (SSSR count). The van der Waals surface area contributed by atoms with Crippen molar-refractivity contribution in [1.29, 1.82) is 0 Å². The second-order valence-corrected chi connectivity index (χ2v) is 7.15. The molecular weight excluding hydrogens is 334 g/mol. The Labute approximate surface area is 156 Å². The van der Waals surface area contributed by atoms with Gasteiger partial charge in [-0.05, 0) is 33.1 Å². The van der Waals surface area contributed by atoms with Crippen molar-refractivity contribution >= 4 is 17.8 Å². The molecule has 1 amide bonds. The van der Waals surface area contributed by atoms with Crippen LogP contribution in [0, 0.1) is 0 Å². The maximum atomic E-state index is 12.5. The summed E-state index contributed by atoms with van der Waals surface area (Å²) in [6, 6.07) is 0. The number of rotatable bonds is 1. The number of aliphatic imine (C=N–C) groups is 1. The Balaban J connectivity index is 2.72. The quantitative estimate of drug-likeness (QED) is 0.314. The van der Waals surface area contributed by atoms with E-state index in [1.165, 1.54) is 32.6 Å². The summed E-state index contributed by atoms with van der Waals surface area (Å²) in [5.74, 6) is -0.848. The van der Waals surface area contributed by atoms with E-state index in [1.54, 1.807) is 0 Å². The molecule has 1 saturated heterocycles. The molecule has 0 aromatic rings. The second-order valence-electron chi connectivity index (χ2n) is 7.15. The second kappa shape index (κ2) is 11.7. The number of nitrogens with zero attached hydrogens (tertiary/aromatic N) is 1. The molecule has 2 atom stereocenters. The third-order valence-electron chi connectivity index (χ3n) is 4.54. The Hall–Kier alpha value is -1.83. The van der Waals surface area contributed by atoms with Crippen molar-refractivity contribution in [3.8, 4) is 0 Å². The van der Waals surface area contributed by atoms with Crippen LogP contribution in [0.2, 0.25) is 0 Å². The van der Waals surface area contributed by atoms with E-state index in [2.05, 4.69) is 15.6 Å². The van der Waals surface area contributed by atoms with Crippen molar-refractivity contribution in [2.45, 2.75) is 89.8 Å². The molecule has 26 heavy (non-hydrogen) atoms. The Morgan fingerprint density at radius 2 is 1.65 bits per heavy atom. The van der Waals surface area contributed by atoms with Gasteiger partial charge in [0.05, 0.1) is 12.8 Å². The van der Waals surface area contributed by atoms with Gasteiger partial charge in [0.25, 0.3) is 0 Å². The Morgan fingerprint density at radius 1 is 1.08 bits per heavy atom. The lowest BCUT2D eigenvalue weighted by molar-refractivity contribution is -0.156. The van der Waals surface area contributed by atoms with Crippen LogP contribution in [0.5, 0.6) is 0 Å². The van der Waals surface area contributed by atoms with Crippen LogP contribution in [0.15, 0.2) is 4.99 Å². The van der Waals surface area contributed by atoms with E-state index in [0.717, 1.165) is 32.1 Å². The lowest BCUT2D eigenvalue weighted by Gasteiger charge is -2.27. The molecule has 150 valence electrons. The van der Waals surface area contributed by atoms with Gasteiger partial charge >= 0.3 is 5.97 Å². The normalized spacial score (nSPS) is 28.2. The molecule has 1 aliphatic heterocycles. The summed E-state index contributed by atoms with van der Waals surface area (Å²) in [5, 5.41) is 5.62. The average molecular weight is 370 g/mol. The van der Waals surface area contributed by atoms with Crippen LogP contribution < -0.4 is 22.1 Å². The van der Waals surface area contributed by atoms with Crippen LogP contribution in [0.1, 0.15) is 78.1 Å². The molecule has 0 radical (unpaired) electrons. The Kier molecular flexibility index (Phi) is 10.0. The molecule has 1 heterocycles. The van der Waals surface area contributed by atoms with Crippen molar-refractivity contribution < 1.29 is 14.3 Å². The first-order valence-corrected chi connectivity index (χ1v) is 9.67. The average Bonchev–Trinajstić information content (AvgIpc) is 2.55. The van der Waals surface area contributed by atoms with Gasteiger partial charge in [-0.25, -0.2) is 9.79 Å². The Bertz CT molecular complexity index is 479. The van der Waals surface area contributed by atoms with Gasteiger partial charge in [0, 0.05) is 6.42 Å². The van der Waals surface area contributed by atoms with E-state index in [1.807, 2.05) is 6.92 Å². The molecule has 6 N–H and O–H groups in total. The van der Waals surface area contributed by atoms with Gasteiger partial charge in [0.1, 0.15) is 0 Å². The summed E-state index contributed by atoms with van der Waals surface area (Å²) < 4.78 is 5.51. The highest BCUT2D eigenvalue weighted by molar-refractivity contribution is 5.85. The molecule has 0 bridgehead atoms. The lowest BCUT2D eigenvalue weighted by atomic mass is 10.0. The summed E-state index contributed by atoms with van der Waals surface area (Å²) in [6.45, 7) is 3.48. The first-order valence-electron chi connectivity index (χ1n) is 9.67. The van der Waals surface area contributed by atoms with Crippen LogP contribution in [0.3, 0.4) is 0 Å². The number of hydrogen-bond donors (Lipinski definition) is 4. The zero-order valence-electron chi connectivity index (χ0n) is 16.2. The molecule has 0 aromatic carbocycles. The van der Waals surface area contributed by atoms with Gasteiger partial charge in [-0.3, -0.25) is 10.1 Å². The van der Waals surface area contributed by atoms with E-state index >= 15 is 0 Å². The maximum absolute atomic E-state index is 12.5. The monoisotopic (exact) mass is 369 g/mol. The topological polar surface area (TPSA) is 132 Å². The van der Waals surface area contributed by atoms with Crippen molar-refractivity contribution in [1.82, 2.24) is 10.6 Å². The molecule has 2 unspecified atom stereocenters. The summed E-state index contributed by atoms with van der Waals surface area (Å²) in [4.78, 5) is 28.4. The first-order chi connectivity index (χ1) is 12.3. The third-order valence-corrected chi connectivity index (χ3v) is 4.54. The highest BCUT2D eigenvalue weighted by atomic mass is 16.5. The zero-order valence-corrected chi connectivity index (χ0v) is 16.2. The van der Waals surface area contributed by atoms with Crippen LogP contribution in [-0.2, 0) is 14.3 Å². The maximum Gasteiger partial charge on any atom is 0.349 e. The molecule has 1 fully saturated rings. The fraction of sp³-hybridized carbons (Fsp3) is 0.833. The summed E-state index contributed by atoms with van der Waals surface area (Å²) in [7, 11) is 0. The minimum atomic E-state index is -1.44. The van der Waals surface area contributed by atoms with E-state index in [0.29, 0.717) is 6.42 Å². The molecule has 8 heteroatoms. The largest absolute Gasteiger partial charge is 0.460 e. The fourth-order valence-electron chi connectivity index (χ4n) is 2.95. The zero-order chi connectivity index (χ0) is 19.4. The number of nitrogens with one attached hydrogen (secondary N) is 2. The molecule has 0 aromatic heterocycles. The van der Waals surface area contributed by atoms with Crippen LogP contribution in [0.25, 0.3) is 0 Å². The lowest BCUT2D eigenvalue weighted by Crippen LogP contribution is -2.54. The standard InChI is InChI=1S/C18H35N5O3/c1-14-11-9-7-5-3-4-6-8-10-12-15(24)21-13-22-18(2,16(25)26-14)23-17(19)20/h14,22H,3-13H2,1-2H3,(H,21,24)(H4,19,20,23). The van der Waals surface area contributed by atoms with Crippen molar-refractivity contribution in [2.75, 3.05) is 6.67 Å². The van der Waals surface area contributed by atoms with Gasteiger partial charge in [-0.15, -0.1) is 0 Å². The number of esters is 1. The van der Waals surface area contributed by atoms with Gasteiger partial charge in [0.15, 0.2) is 5.96 Å². The first kappa shape index (κ1) is 22.2. The highest BCUT2D eigenvalue weighted by Crippen LogP contribution is 2.15. The smallest absolute Gasteiger partial charge is 0.349 e. The van der Waals surface area contributed by atoms with Crippen molar-refractivity contribution in [3.05, 3.63) is 0 Å². The van der Waals surface area contributed by atoms with Crippen molar-refractivity contribution in [2.24, 2.45) is 16.5 Å². The van der Waals surface area contributed by atoms with E-state index < -0.39 is 11.6 Å². The number of carbonyl (C=O) groups excluding carboxylic acids is 2. The minimum absolute atomic E-state index is 0.0626. The SMILES string of the molecule is CC1CCCCCCCCCCC(=O)NCNC(C)(N=C(N)N)C(=O)O1. The Morgan fingerprint density at radius 3 is 2.27 bits per heavy atom. The molecule has 1 aliphatic rings. The van der Waals surface area contributed by atoms with Crippen LogP contribution >= 0.6 is 0 Å². The number of hydrogen-bond acceptors (Lipinski definition) is 5. The number of cyclic esters (lactones) is 1. The molecule has 8 nitrogen and oxygen atoms in total. The molecule has 0 saturated carbocycles. The third kappa shape index (κ3) is 9.03. The molecule has 0 aliphatic carbocycles. The van der Waals surface area contributed by atoms with E-state index in [4.69, 9.17) is 16.2 Å². The predicted molar refractivity (Wildman–Crippen MR) is 102 cm³/mol. The van der Waals surface area contributed by atoms with Crippen LogP contribution in [-0.4, -0.2) is 36.3 Å². The van der Waals surface area contributed by atoms with Crippen molar-refractivity contribution in [3.63, 3.8) is 0 Å². The van der Waals surface area contributed by atoms with E-state index in [9.17, 15) is 9.59 Å². The number of carbonyl (C=O) groups is 2. The number of amides is 1. The summed E-state index contributed by atoms with van der Waals surface area (Å²) in [5.41, 5.74) is 9.48.